The molecule has 0 aromatic heterocycles. The van der Waals surface area contributed by atoms with Gasteiger partial charge in [0, 0.05) is 31.7 Å². The molecular weight excluding hydrogens is 329 g/mol. The maximum absolute atomic E-state index is 12.3. The van der Waals surface area contributed by atoms with E-state index in [4.69, 9.17) is 4.74 Å². The number of ether oxygens (including phenoxy) is 1. The van der Waals surface area contributed by atoms with Crippen molar-refractivity contribution in [3.63, 3.8) is 0 Å². The second-order valence-electron chi connectivity index (χ2n) is 7.28. The first-order chi connectivity index (χ1) is 12.0. The van der Waals surface area contributed by atoms with Crippen LogP contribution in [0.1, 0.15) is 37.7 Å². The van der Waals surface area contributed by atoms with Crippen LogP contribution in [0.25, 0.3) is 0 Å². The summed E-state index contributed by atoms with van der Waals surface area (Å²) in [4.78, 5) is 2.44. The van der Waals surface area contributed by atoms with Gasteiger partial charge in [-0.15, -0.1) is 0 Å². The minimum Gasteiger partial charge on any atom is -0.369 e. The molecule has 1 aromatic carbocycles. The number of benzene rings is 1. The maximum atomic E-state index is 12.3. The van der Waals surface area contributed by atoms with E-state index >= 15 is 0 Å². The van der Waals surface area contributed by atoms with Gasteiger partial charge in [-0.25, -0.2) is 0 Å². The van der Waals surface area contributed by atoms with Gasteiger partial charge in [-0.3, -0.25) is 4.90 Å². The molecule has 140 valence electrons. The van der Waals surface area contributed by atoms with E-state index in [9.17, 15) is 13.2 Å². The Labute approximate surface area is 147 Å². The second-order valence-corrected chi connectivity index (χ2v) is 7.28. The van der Waals surface area contributed by atoms with Gasteiger partial charge in [0.15, 0.2) is 0 Å². The van der Waals surface area contributed by atoms with Crippen molar-refractivity contribution in [2.45, 2.75) is 63.0 Å². The summed E-state index contributed by atoms with van der Waals surface area (Å²) in [5.74, 6) is 0. The zero-order valence-electron chi connectivity index (χ0n) is 14.5. The Kier molecular flexibility index (Phi) is 6.36. The SMILES string of the molecule is FC(F)(F)COC1CCCC(NC2CCN(Cc3ccccc3)C2)C1. The van der Waals surface area contributed by atoms with Crippen LogP contribution in [-0.4, -0.2) is 49.0 Å². The fraction of sp³-hybridized carbons (Fsp3) is 0.684. The number of hydrogen-bond donors (Lipinski definition) is 1. The standard InChI is InChI=1S/C19H27F3N2O/c20-19(21,22)14-25-18-8-4-7-16(11-18)23-17-9-10-24(13-17)12-15-5-2-1-3-6-15/h1-3,5-6,16-18,23H,4,7-14H2. The number of alkyl halides is 3. The molecule has 0 spiro atoms. The van der Waals surface area contributed by atoms with Crippen LogP contribution in [0, 0.1) is 0 Å². The monoisotopic (exact) mass is 356 g/mol. The van der Waals surface area contributed by atoms with Crippen LogP contribution in [0.5, 0.6) is 0 Å². The molecule has 1 aromatic rings. The Balaban J connectivity index is 1.40. The molecule has 3 nitrogen and oxygen atoms in total. The van der Waals surface area contributed by atoms with Gasteiger partial charge in [0.25, 0.3) is 0 Å². The molecule has 0 amide bonds. The van der Waals surface area contributed by atoms with Crippen LogP contribution in [-0.2, 0) is 11.3 Å². The smallest absolute Gasteiger partial charge is 0.369 e. The zero-order chi connectivity index (χ0) is 17.7. The first-order valence-corrected chi connectivity index (χ1v) is 9.18. The van der Waals surface area contributed by atoms with Gasteiger partial charge >= 0.3 is 6.18 Å². The number of likely N-dealkylation sites (tertiary alicyclic amines) is 1. The van der Waals surface area contributed by atoms with E-state index in [2.05, 4.69) is 34.5 Å². The summed E-state index contributed by atoms with van der Waals surface area (Å²) in [6, 6.07) is 11.1. The lowest BCUT2D eigenvalue weighted by Gasteiger charge is -2.32. The fourth-order valence-corrected chi connectivity index (χ4v) is 3.95. The van der Waals surface area contributed by atoms with Gasteiger partial charge in [-0.1, -0.05) is 30.3 Å². The molecule has 1 aliphatic heterocycles. The number of nitrogens with one attached hydrogen (secondary N) is 1. The van der Waals surface area contributed by atoms with Crippen molar-refractivity contribution in [3.05, 3.63) is 35.9 Å². The van der Waals surface area contributed by atoms with E-state index in [1.54, 1.807) is 0 Å². The average molecular weight is 356 g/mol. The first-order valence-electron chi connectivity index (χ1n) is 9.18. The van der Waals surface area contributed by atoms with Crippen molar-refractivity contribution < 1.29 is 17.9 Å². The zero-order valence-corrected chi connectivity index (χ0v) is 14.5. The molecule has 25 heavy (non-hydrogen) atoms. The van der Waals surface area contributed by atoms with Crippen LogP contribution in [0.15, 0.2) is 30.3 Å². The van der Waals surface area contributed by atoms with Crippen LogP contribution in [0.2, 0.25) is 0 Å². The van der Waals surface area contributed by atoms with Gasteiger partial charge in [-0.2, -0.15) is 13.2 Å². The molecule has 2 aliphatic rings. The minimum atomic E-state index is -4.23. The largest absolute Gasteiger partial charge is 0.411 e. The summed E-state index contributed by atoms with van der Waals surface area (Å²) in [6.07, 6.45) is -0.0255. The number of hydrogen-bond acceptors (Lipinski definition) is 3. The van der Waals surface area contributed by atoms with Crippen molar-refractivity contribution in [1.29, 1.82) is 0 Å². The Morgan fingerprint density at radius 3 is 2.64 bits per heavy atom. The van der Waals surface area contributed by atoms with Crippen LogP contribution in [0.3, 0.4) is 0 Å². The highest BCUT2D eigenvalue weighted by atomic mass is 19.4. The third-order valence-corrected chi connectivity index (χ3v) is 5.10. The van der Waals surface area contributed by atoms with Gasteiger partial charge < -0.3 is 10.1 Å². The molecule has 1 aliphatic carbocycles. The molecule has 1 saturated carbocycles. The Morgan fingerprint density at radius 2 is 1.88 bits per heavy atom. The highest BCUT2D eigenvalue weighted by Gasteiger charge is 2.32. The van der Waals surface area contributed by atoms with Crippen molar-refractivity contribution in [3.8, 4) is 0 Å². The molecule has 6 heteroatoms. The van der Waals surface area contributed by atoms with Gasteiger partial charge in [0.1, 0.15) is 6.61 Å². The quantitative estimate of drug-likeness (QED) is 0.840. The molecular formula is C19H27F3N2O. The Bertz CT molecular complexity index is 523. The summed E-state index contributed by atoms with van der Waals surface area (Å²) < 4.78 is 42.0. The lowest BCUT2D eigenvalue weighted by molar-refractivity contribution is -0.188. The summed E-state index contributed by atoms with van der Waals surface area (Å²) in [7, 11) is 0. The number of rotatable bonds is 6. The predicted octanol–water partition coefficient (Wildman–Crippen LogP) is 3.74. The molecule has 0 radical (unpaired) electrons. The normalized spacial score (nSPS) is 28.4. The van der Waals surface area contributed by atoms with Gasteiger partial charge in [0.2, 0.25) is 0 Å². The maximum Gasteiger partial charge on any atom is 0.411 e. The third-order valence-electron chi connectivity index (χ3n) is 5.10. The number of halogens is 3. The second kappa shape index (κ2) is 8.52. The van der Waals surface area contributed by atoms with Crippen LogP contribution < -0.4 is 5.32 Å². The van der Waals surface area contributed by atoms with E-state index < -0.39 is 12.8 Å². The topological polar surface area (TPSA) is 24.5 Å². The van der Waals surface area contributed by atoms with E-state index in [0.717, 1.165) is 45.3 Å². The van der Waals surface area contributed by atoms with E-state index in [-0.39, 0.29) is 12.1 Å². The minimum absolute atomic E-state index is 0.269. The number of nitrogens with zero attached hydrogens (tertiary/aromatic N) is 1. The van der Waals surface area contributed by atoms with Crippen LogP contribution in [0.4, 0.5) is 13.2 Å². The van der Waals surface area contributed by atoms with Crippen molar-refractivity contribution in [1.82, 2.24) is 10.2 Å². The van der Waals surface area contributed by atoms with Gasteiger partial charge in [0.05, 0.1) is 6.10 Å². The summed E-state index contributed by atoms with van der Waals surface area (Å²) in [5.41, 5.74) is 1.32. The molecule has 3 unspecified atom stereocenters. The first kappa shape index (κ1) is 18.7. The average Bonchev–Trinajstić information content (AvgIpc) is 3.00. The predicted molar refractivity (Wildman–Crippen MR) is 91.3 cm³/mol. The summed E-state index contributed by atoms with van der Waals surface area (Å²) in [6.45, 7) is 1.90. The molecule has 1 N–H and O–H groups in total. The summed E-state index contributed by atoms with van der Waals surface area (Å²) in [5, 5.41) is 3.66. The highest BCUT2D eigenvalue weighted by Crippen LogP contribution is 2.25. The fourth-order valence-electron chi connectivity index (χ4n) is 3.95. The lowest BCUT2D eigenvalue weighted by Crippen LogP contribution is -2.44. The molecule has 2 fully saturated rings. The highest BCUT2D eigenvalue weighted by molar-refractivity contribution is 5.14. The summed E-state index contributed by atoms with van der Waals surface area (Å²) >= 11 is 0. The molecule has 0 bridgehead atoms. The molecule has 3 atom stereocenters. The van der Waals surface area contributed by atoms with Crippen molar-refractivity contribution >= 4 is 0 Å². The van der Waals surface area contributed by atoms with Crippen LogP contribution >= 0.6 is 0 Å². The van der Waals surface area contributed by atoms with Gasteiger partial charge in [-0.05, 0) is 37.7 Å². The van der Waals surface area contributed by atoms with Crippen molar-refractivity contribution in [2.24, 2.45) is 0 Å². The van der Waals surface area contributed by atoms with E-state index in [1.807, 2.05) is 6.07 Å². The Morgan fingerprint density at radius 1 is 1.08 bits per heavy atom. The van der Waals surface area contributed by atoms with E-state index in [1.165, 1.54) is 5.56 Å². The molecule has 1 heterocycles. The lowest BCUT2D eigenvalue weighted by atomic mass is 9.92. The Hall–Kier alpha value is -1.11. The third kappa shape index (κ3) is 6.28. The molecule has 1 saturated heterocycles. The van der Waals surface area contributed by atoms with Crippen molar-refractivity contribution in [2.75, 3.05) is 19.7 Å². The van der Waals surface area contributed by atoms with E-state index in [0.29, 0.717) is 12.5 Å². The molecule has 3 rings (SSSR count).